The van der Waals surface area contributed by atoms with Gasteiger partial charge in [0, 0.05) is 12.4 Å². The molecule has 23 heavy (non-hydrogen) atoms. The lowest BCUT2D eigenvalue weighted by atomic mass is 10.1. The summed E-state index contributed by atoms with van der Waals surface area (Å²) in [5, 5.41) is 7.41. The number of hydrogen-bond donors (Lipinski definition) is 1. The average Bonchev–Trinajstić information content (AvgIpc) is 3.11. The topological polar surface area (TPSA) is 55.6 Å². The largest absolute Gasteiger partial charge is 0.361 e. The van der Waals surface area contributed by atoms with Crippen LogP contribution in [0.5, 0.6) is 0 Å². The summed E-state index contributed by atoms with van der Waals surface area (Å²) in [6, 6.07) is 9.61. The molecule has 0 radical (unpaired) electrons. The number of halogens is 1. The van der Waals surface area contributed by atoms with E-state index in [0.717, 1.165) is 11.3 Å². The summed E-state index contributed by atoms with van der Waals surface area (Å²) in [4.78, 5) is 7.98. The van der Waals surface area contributed by atoms with Crippen molar-refractivity contribution in [3.05, 3.63) is 66.1 Å². The van der Waals surface area contributed by atoms with Crippen molar-refractivity contribution in [2.24, 2.45) is 0 Å². The Morgan fingerprint density at radius 2 is 2.04 bits per heavy atom. The van der Waals surface area contributed by atoms with Crippen molar-refractivity contribution in [2.45, 2.75) is 26.3 Å². The van der Waals surface area contributed by atoms with Gasteiger partial charge < -0.3 is 5.32 Å². The van der Waals surface area contributed by atoms with E-state index in [-0.39, 0.29) is 11.9 Å². The zero-order valence-corrected chi connectivity index (χ0v) is 13.1. The lowest BCUT2D eigenvalue weighted by molar-refractivity contribution is 0.594. The van der Waals surface area contributed by atoms with Gasteiger partial charge in [-0.05, 0) is 31.0 Å². The van der Waals surface area contributed by atoms with E-state index in [4.69, 9.17) is 0 Å². The molecule has 0 spiro atoms. The first kappa shape index (κ1) is 15.1. The SMILES string of the molecule is CCc1ncnc(NC(C)c2ccccc2-n2cccn2)c1F. The summed E-state index contributed by atoms with van der Waals surface area (Å²) in [7, 11) is 0. The Balaban J connectivity index is 1.92. The van der Waals surface area contributed by atoms with E-state index >= 15 is 0 Å². The minimum absolute atomic E-state index is 0.135. The molecular weight excluding hydrogens is 293 g/mol. The Hall–Kier alpha value is -2.76. The Labute approximate surface area is 134 Å². The first-order valence-corrected chi connectivity index (χ1v) is 7.55. The van der Waals surface area contributed by atoms with E-state index in [1.165, 1.54) is 6.33 Å². The molecule has 0 amide bonds. The van der Waals surface area contributed by atoms with Gasteiger partial charge in [0.1, 0.15) is 6.33 Å². The second kappa shape index (κ2) is 6.56. The molecule has 1 N–H and O–H groups in total. The van der Waals surface area contributed by atoms with E-state index in [0.29, 0.717) is 12.1 Å². The molecule has 2 aromatic heterocycles. The Kier molecular flexibility index (Phi) is 4.32. The van der Waals surface area contributed by atoms with Gasteiger partial charge in [-0.2, -0.15) is 5.10 Å². The molecule has 118 valence electrons. The van der Waals surface area contributed by atoms with Crippen molar-refractivity contribution in [1.82, 2.24) is 19.7 Å². The molecule has 0 saturated heterocycles. The van der Waals surface area contributed by atoms with Crippen LogP contribution in [-0.4, -0.2) is 19.7 Å². The van der Waals surface area contributed by atoms with Gasteiger partial charge in [-0.15, -0.1) is 0 Å². The van der Waals surface area contributed by atoms with Crippen LogP contribution in [0.4, 0.5) is 10.2 Å². The van der Waals surface area contributed by atoms with Gasteiger partial charge in [-0.1, -0.05) is 25.1 Å². The second-order valence-corrected chi connectivity index (χ2v) is 5.21. The van der Waals surface area contributed by atoms with Gasteiger partial charge in [0.05, 0.1) is 17.4 Å². The summed E-state index contributed by atoms with van der Waals surface area (Å²) in [6.45, 7) is 3.83. The number of para-hydroxylation sites is 1. The van der Waals surface area contributed by atoms with Crippen LogP contribution in [-0.2, 0) is 6.42 Å². The highest BCUT2D eigenvalue weighted by molar-refractivity contribution is 5.47. The fourth-order valence-electron chi connectivity index (χ4n) is 2.51. The van der Waals surface area contributed by atoms with Crippen LogP contribution >= 0.6 is 0 Å². The monoisotopic (exact) mass is 311 g/mol. The minimum atomic E-state index is -0.390. The van der Waals surface area contributed by atoms with E-state index in [1.54, 1.807) is 10.9 Å². The highest BCUT2D eigenvalue weighted by atomic mass is 19.1. The molecule has 0 fully saturated rings. The molecular formula is C17H18FN5. The van der Waals surface area contributed by atoms with E-state index in [2.05, 4.69) is 20.4 Å². The second-order valence-electron chi connectivity index (χ2n) is 5.21. The maximum Gasteiger partial charge on any atom is 0.186 e. The molecule has 0 aliphatic carbocycles. The molecule has 1 atom stereocenters. The Morgan fingerprint density at radius 1 is 1.22 bits per heavy atom. The predicted molar refractivity (Wildman–Crippen MR) is 87.0 cm³/mol. The van der Waals surface area contributed by atoms with Gasteiger partial charge in [0.15, 0.2) is 11.6 Å². The van der Waals surface area contributed by atoms with Crippen LogP contribution in [0.15, 0.2) is 49.1 Å². The number of rotatable bonds is 5. The highest BCUT2D eigenvalue weighted by Gasteiger charge is 2.16. The maximum absolute atomic E-state index is 14.3. The van der Waals surface area contributed by atoms with E-state index < -0.39 is 5.82 Å². The highest BCUT2D eigenvalue weighted by Crippen LogP contribution is 2.25. The molecule has 0 saturated carbocycles. The third kappa shape index (κ3) is 3.06. The van der Waals surface area contributed by atoms with E-state index in [1.807, 2.05) is 50.4 Å². The molecule has 0 bridgehead atoms. The van der Waals surface area contributed by atoms with Crippen LogP contribution in [0.25, 0.3) is 5.69 Å². The van der Waals surface area contributed by atoms with Gasteiger partial charge in [-0.3, -0.25) is 0 Å². The summed E-state index contributed by atoms with van der Waals surface area (Å²) in [5.41, 5.74) is 2.37. The zero-order chi connectivity index (χ0) is 16.2. The molecule has 2 heterocycles. The van der Waals surface area contributed by atoms with Crippen LogP contribution in [0.1, 0.15) is 31.1 Å². The number of hydrogen-bond acceptors (Lipinski definition) is 4. The molecule has 3 rings (SSSR count). The number of benzene rings is 1. The Bertz CT molecular complexity index is 785. The van der Waals surface area contributed by atoms with Crippen molar-refractivity contribution in [3.63, 3.8) is 0 Å². The maximum atomic E-state index is 14.3. The van der Waals surface area contributed by atoms with Crippen LogP contribution in [0.3, 0.4) is 0 Å². The van der Waals surface area contributed by atoms with Crippen LogP contribution < -0.4 is 5.32 Å². The lowest BCUT2D eigenvalue weighted by Gasteiger charge is -2.19. The number of anilines is 1. The van der Waals surface area contributed by atoms with Crippen LogP contribution in [0.2, 0.25) is 0 Å². The predicted octanol–water partition coefficient (Wildman–Crippen LogP) is 3.54. The number of aromatic nitrogens is 4. The van der Waals surface area contributed by atoms with Gasteiger partial charge in [-0.25, -0.2) is 19.0 Å². The molecule has 1 unspecified atom stereocenters. The van der Waals surface area contributed by atoms with Gasteiger partial charge in [0.2, 0.25) is 0 Å². The van der Waals surface area contributed by atoms with Crippen molar-refractivity contribution in [3.8, 4) is 5.69 Å². The molecule has 5 nitrogen and oxygen atoms in total. The first-order valence-electron chi connectivity index (χ1n) is 7.55. The number of aryl methyl sites for hydroxylation is 1. The molecule has 1 aromatic carbocycles. The van der Waals surface area contributed by atoms with Crippen LogP contribution in [0, 0.1) is 5.82 Å². The third-order valence-electron chi connectivity index (χ3n) is 3.70. The molecule has 0 aliphatic rings. The van der Waals surface area contributed by atoms with Crippen molar-refractivity contribution in [2.75, 3.05) is 5.32 Å². The van der Waals surface area contributed by atoms with Crippen molar-refractivity contribution < 1.29 is 4.39 Å². The van der Waals surface area contributed by atoms with Crippen molar-refractivity contribution in [1.29, 1.82) is 0 Å². The normalized spacial score (nSPS) is 12.1. The standard InChI is InChI=1S/C17H18FN5/c1-3-14-16(18)17(20-11-19-14)22-12(2)13-7-4-5-8-15(13)23-10-6-9-21-23/h4-12H,3H2,1-2H3,(H,19,20,22). The smallest absolute Gasteiger partial charge is 0.186 e. The number of nitrogens with zero attached hydrogens (tertiary/aromatic N) is 4. The first-order chi connectivity index (χ1) is 11.2. The molecule has 6 heteroatoms. The summed E-state index contributed by atoms with van der Waals surface area (Å²) < 4.78 is 16.1. The Morgan fingerprint density at radius 3 is 2.78 bits per heavy atom. The summed E-state index contributed by atoms with van der Waals surface area (Å²) in [5.74, 6) is -0.168. The fraction of sp³-hybridized carbons (Fsp3) is 0.235. The summed E-state index contributed by atoms with van der Waals surface area (Å²) >= 11 is 0. The third-order valence-corrected chi connectivity index (χ3v) is 3.70. The fourth-order valence-corrected chi connectivity index (χ4v) is 2.51. The minimum Gasteiger partial charge on any atom is -0.361 e. The molecule has 0 aliphatic heterocycles. The zero-order valence-electron chi connectivity index (χ0n) is 13.1. The number of nitrogens with one attached hydrogen (secondary N) is 1. The molecule has 3 aromatic rings. The quantitative estimate of drug-likeness (QED) is 0.783. The van der Waals surface area contributed by atoms with Gasteiger partial charge in [0.25, 0.3) is 0 Å². The van der Waals surface area contributed by atoms with Crippen molar-refractivity contribution >= 4 is 5.82 Å². The van der Waals surface area contributed by atoms with E-state index in [9.17, 15) is 4.39 Å². The lowest BCUT2D eigenvalue weighted by Crippen LogP contribution is -2.13. The average molecular weight is 311 g/mol. The van der Waals surface area contributed by atoms with Gasteiger partial charge >= 0.3 is 0 Å². The summed E-state index contributed by atoms with van der Waals surface area (Å²) in [6.07, 6.45) is 5.52.